The molecular weight excluding hydrogens is 304 g/mol. The van der Waals surface area contributed by atoms with Gasteiger partial charge in [0.2, 0.25) is 0 Å². The number of methoxy groups -OCH3 is 2. The van der Waals surface area contributed by atoms with Crippen molar-refractivity contribution in [2.75, 3.05) is 31.4 Å². The van der Waals surface area contributed by atoms with Crippen molar-refractivity contribution in [3.05, 3.63) is 42.2 Å². The van der Waals surface area contributed by atoms with Gasteiger partial charge in [0.25, 0.3) is 0 Å². The lowest BCUT2D eigenvalue weighted by Gasteiger charge is -2.14. The molecule has 1 heterocycles. The van der Waals surface area contributed by atoms with Crippen molar-refractivity contribution in [1.82, 2.24) is 9.97 Å². The van der Waals surface area contributed by atoms with Crippen LogP contribution >= 0.6 is 11.6 Å². The molecule has 2 N–H and O–H groups in total. The molecule has 116 valence electrons. The van der Waals surface area contributed by atoms with Crippen LogP contribution in [-0.4, -0.2) is 30.7 Å². The summed E-state index contributed by atoms with van der Waals surface area (Å²) in [5.41, 5.74) is 0.692. The molecule has 0 unspecified atom stereocenters. The molecule has 1 aromatic heterocycles. The van der Waals surface area contributed by atoms with Crippen LogP contribution in [0.2, 0.25) is 5.02 Å². The molecule has 0 saturated carbocycles. The Morgan fingerprint density at radius 3 is 2.55 bits per heavy atom. The van der Waals surface area contributed by atoms with Crippen molar-refractivity contribution >= 4 is 28.9 Å². The molecule has 1 aromatic carbocycles. The maximum absolute atomic E-state index is 6.09. The molecule has 0 aliphatic heterocycles. The van der Waals surface area contributed by atoms with E-state index in [-0.39, 0.29) is 0 Å². The van der Waals surface area contributed by atoms with E-state index in [1.807, 2.05) is 0 Å². The Morgan fingerprint density at radius 2 is 1.86 bits per heavy atom. The number of rotatable bonds is 7. The maximum Gasteiger partial charge on any atom is 0.144 e. The third kappa shape index (κ3) is 3.79. The summed E-state index contributed by atoms with van der Waals surface area (Å²) in [6, 6.07) is 5.21. The van der Waals surface area contributed by atoms with Crippen molar-refractivity contribution in [2.45, 2.75) is 0 Å². The number of anilines is 3. The van der Waals surface area contributed by atoms with Crippen molar-refractivity contribution in [3.63, 3.8) is 0 Å². The Balaban J connectivity index is 2.27. The summed E-state index contributed by atoms with van der Waals surface area (Å²) in [4.78, 5) is 8.30. The molecule has 2 rings (SSSR count). The summed E-state index contributed by atoms with van der Waals surface area (Å²) in [5, 5.41) is 6.73. The molecule has 0 aliphatic rings. The normalized spacial score (nSPS) is 9.95. The van der Waals surface area contributed by atoms with Crippen LogP contribution in [0.5, 0.6) is 11.5 Å². The first-order valence-electron chi connectivity index (χ1n) is 6.53. The zero-order chi connectivity index (χ0) is 15.9. The van der Waals surface area contributed by atoms with E-state index in [1.54, 1.807) is 38.5 Å². The number of nitrogens with zero attached hydrogens (tertiary/aromatic N) is 2. The van der Waals surface area contributed by atoms with Gasteiger partial charge in [0, 0.05) is 24.7 Å². The molecule has 7 heteroatoms. The summed E-state index contributed by atoms with van der Waals surface area (Å²) < 4.78 is 10.5. The van der Waals surface area contributed by atoms with Crippen molar-refractivity contribution in [1.29, 1.82) is 0 Å². The van der Waals surface area contributed by atoms with Crippen LogP contribution in [-0.2, 0) is 0 Å². The molecular formula is C15H17ClN4O2. The molecule has 0 radical (unpaired) electrons. The number of hydrogen-bond acceptors (Lipinski definition) is 6. The van der Waals surface area contributed by atoms with Crippen molar-refractivity contribution < 1.29 is 9.47 Å². The Morgan fingerprint density at radius 1 is 1.14 bits per heavy atom. The second-order valence-electron chi connectivity index (χ2n) is 4.27. The molecule has 0 saturated heterocycles. The smallest absolute Gasteiger partial charge is 0.144 e. The monoisotopic (exact) mass is 320 g/mol. The van der Waals surface area contributed by atoms with Gasteiger partial charge in [-0.3, -0.25) is 0 Å². The van der Waals surface area contributed by atoms with E-state index in [4.69, 9.17) is 21.1 Å². The fourth-order valence-corrected chi connectivity index (χ4v) is 2.03. The van der Waals surface area contributed by atoms with Gasteiger partial charge < -0.3 is 20.1 Å². The number of aromatic nitrogens is 2. The summed E-state index contributed by atoms with van der Waals surface area (Å²) in [6.07, 6.45) is 3.22. The number of ether oxygens (including phenoxy) is 2. The van der Waals surface area contributed by atoms with Gasteiger partial charge in [0.15, 0.2) is 0 Å². The molecule has 0 spiro atoms. The Hall–Kier alpha value is -2.47. The third-order valence-electron chi connectivity index (χ3n) is 2.83. The van der Waals surface area contributed by atoms with Gasteiger partial charge in [0.1, 0.15) is 29.5 Å². The molecule has 2 aromatic rings. The largest absolute Gasteiger partial charge is 0.495 e. The Labute approximate surface area is 134 Å². The van der Waals surface area contributed by atoms with Crippen LogP contribution in [0.15, 0.2) is 37.2 Å². The Bertz CT molecular complexity index is 664. The first-order chi connectivity index (χ1) is 10.7. The number of hydrogen-bond donors (Lipinski definition) is 2. The number of benzene rings is 1. The lowest BCUT2D eigenvalue weighted by atomic mass is 10.2. The summed E-state index contributed by atoms with van der Waals surface area (Å²) >= 11 is 6.09. The molecule has 0 amide bonds. The predicted octanol–water partition coefficient (Wildman–Crippen LogP) is 3.49. The first kappa shape index (κ1) is 15.9. The lowest BCUT2D eigenvalue weighted by molar-refractivity contribution is 0.405. The second-order valence-corrected chi connectivity index (χ2v) is 4.68. The van der Waals surface area contributed by atoms with Gasteiger partial charge in [0.05, 0.1) is 24.9 Å². The fraction of sp³-hybridized carbons (Fsp3) is 0.200. The van der Waals surface area contributed by atoms with E-state index in [1.165, 1.54) is 6.33 Å². The Kier molecular flexibility index (Phi) is 5.43. The standard InChI is InChI=1S/C15H17ClN4O2/c1-4-5-17-14-8-15(19-9-18-14)20-11-7-12(21-2)10(16)6-13(11)22-3/h4,6-9H,1,5H2,2-3H3,(H2,17,18,19,20). The average molecular weight is 321 g/mol. The van der Waals surface area contributed by atoms with E-state index in [0.717, 1.165) is 0 Å². The zero-order valence-corrected chi connectivity index (χ0v) is 13.1. The van der Waals surface area contributed by atoms with Crippen molar-refractivity contribution in [2.24, 2.45) is 0 Å². The second kappa shape index (κ2) is 7.51. The van der Waals surface area contributed by atoms with Gasteiger partial charge in [-0.1, -0.05) is 17.7 Å². The SMILES string of the molecule is C=CCNc1cc(Nc2cc(OC)c(Cl)cc2OC)ncn1. The van der Waals surface area contributed by atoms with Crippen LogP contribution < -0.4 is 20.1 Å². The third-order valence-corrected chi connectivity index (χ3v) is 3.13. The average Bonchev–Trinajstić information content (AvgIpc) is 2.54. The van der Waals surface area contributed by atoms with Crippen LogP contribution in [0.4, 0.5) is 17.3 Å². The topological polar surface area (TPSA) is 68.3 Å². The summed E-state index contributed by atoms with van der Waals surface area (Å²) in [7, 11) is 3.12. The van der Waals surface area contributed by atoms with Crippen LogP contribution in [0, 0.1) is 0 Å². The zero-order valence-electron chi connectivity index (χ0n) is 12.4. The van der Waals surface area contributed by atoms with E-state index in [0.29, 0.717) is 40.4 Å². The minimum Gasteiger partial charge on any atom is -0.495 e. The molecule has 22 heavy (non-hydrogen) atoms. The number of halogens is 1. The predicted molar refractivity (Wildman–Crippen MR) is 88.6 cm³/mol. The van der Waals surface area contributed by atoms with Gasteiger partial charge in [-0.05, 0) is 0 Å². The van der Waals surface area contributed by atoms with Gasteiger partial charge in [-0.25, -0.2) is 9.97 Å². The van der Waals surface area contributed by atoms with Gasteiger partial charge in [-0.15, -0.1) is 6.58 Å². The van der Waals surface area contributed by atoms with E-state index in [2.05, 4.69) is 27.2 Å². The highest BCUT2D eigenvalue weighted by Crippen LogP contribution is 2.37. The molecule has 6 nitrogen and oxygen atoms in total. The quantitative estimate of drug-likeness (QED) is 0.761. The molecule has 0 aliphatic carbocycles. The molecule has 0 bridgehead atoms. The summed E-state index contributed by atoms with van der Waals surface area (Å²) in [5.74, 6) is 2.44. The highest BCUT2D eigenvalue weighted by Gasteiger charge is 2.11. The van der Waals surface area contributed by atoms with Crippen LogP contribution in [0.3, 0.4) is 0 Å². The van der Waals surface area contributed by atoms with Crippen LogP contribution in [0.25, 0.3) is 0 Å². The highest BCUT2D eigenvalue weighted by atomic mass is 35.5. The highest BCUT2D eigenvalue weighted by molar-refractivity contribution is 6.32. The lowest BCUT2D eigenvalue weighted by Crippen LogP contribution is -2.03. The summed E-state index contributed by atoms with van der Waals surface area (Å²) in [6.45, 7) is 4.27. The molecule has 0 fully saturated rings. The van der Waals surface area contributed by atoms with E-state index < -0.39 is 0 Å². The number of nitrogens with one attached hydrogen (secondary N) is 2. The minimum atomic E-state index is 0.473. The van der Waals surface area contributed by atoms with Gasteiger partial charge >= 0.3 is 0 Å². The fourth-order valence-electron chi connectivity index (χ4n) is 1.80. The van der Waals surface area contributed by atoms with Crippen molar-refractivity contribution in [3.8, 4) is 11.5 Å². The van der Waals surface area contributed by atoms with Gasteiger partial charge in [-0.2, -0.15) is 0 Å². The first-order valence-corrected chi connectivity index (χ1v) is 6.91. The van der Waals surface area contributed by atoms with Crippen LogP contribution in [0.1, 0.15) is 0 Å². The maximum atomic E-state index is 6.09. The minimum absolute atomic E-state index is 0.473. The molecule has 0 atom stereocenters. The van der Waals surface area contributed by atoms with E-state index >= 15 is 0 Å². The van der Waals surface area contributed by atoms with E-state index in [9.17, 15) is 0 Å².